The van der Waals surface area contributed by atoms with Gasteiger partial charge < -0.3 is 5.41 Å². The van der Waals surface area contributed by atoms with Crippen LogP contribution in [0.3, 0.4) is 0 Å². The maximum Gasteiger partial charge on any atom is 0.0253 e. The normalized spacial score (nSPS) is 23.9. The van der Waals surface area contributed by atoms with Gasteiger partial charge in [0.15, 0.2) is 0 Å². The van der Waals surface area contributed by atoms with Crippen molar-refractivity contribution in [3.8, 4) is 0 Å². The molecule has 2 aliphatic carbocycles. The fraction of sp³-hybridized carbons (Fsp3) is 0.348. The molecule has 0 bridgehead atoms. The van der Waals surface area contributed by atoms with Gasteiger partial charge in [0.1, 0.15) is 0 Å². The molecule has 2 aromatic carbocycles. The van der Waals surface area contributed by atoms with E-state index >= 15 is 0 Å². The first kappa shape index (κ1) is 15.4. The average Bonchev–Trinajstić information content (AvgIpc) is 3.06. The number of hydrogen-bond donors (Lipinski definition) is 1. The third-order valence-electron chi connectivity index (χ3n) is 5.95. The largest absolute Gasteiger partial charge is 0.308 e. The van der Waals surface area contributed by atoms with Gasteiger partial charge in [0.25, 0.3) is 0 Å². The maximum absolute atomic E-state index is 7.88. The van der Waals surface area contributed by atoms with Crippen molar-refractivity contribution in [1.82, 2.24) is 0 Å². The summed E-state index contributed by atoms with van der Waals surface area (Å²) in [6, 6.07) is 13.0. The zero-order chi connectivity index (χ0) is 16.5. The zero-order valence-electron chi connectivity index (χ0n) is 14.4. The van der Waals surface area contributed by atoms with Crippen molar-refractivity contribution in [3.05, 3.63) is 70.8 Å². The standard InChI is InChI=1S/C23H25N/c1-16-6-4-11-21(16)18-8-5-9-19(14-18)23-20(15-24)13-12-17-7-2-3-10-22(17)23/h2-4,6-7,10,12-13,15,18-19,24H,5,8-9,11,14H2,1H3. The van der Waals surface area contributed by atoms with Crippen LogP contribution in [0.15, 0.2) is 59.7 Å². The molecule has 0 spiro atoms. The van der Waals surface area contributed by atoms with Gasteiger partial charge in [-0.2, -0.15) is 0 Å². The molecule has 2 aromatic rings. The quantitative estimate of drug-likeness (QED) is 0.635. The van der Waals surface area contributed by atoms with E-state index in [0.29, 0.717) is 5.92 Å². The van der Waals surface area contributed by atoms with Gasteiger partial charge >= 0.3 is 0 Å². The molecule has 0 heterocycles. The van der Waals surface area contributed by atoms with E-state index in [1.165, 1.54) is 47.6 Å². The number of benzene rings is 2. The lowest BCUT2D eigenvalue weighted by atomic mass is 9.72. The Hall–Kier alpha value is -2.15. The molecule has 122 valence electrons. The Morgan fingerprint density at radius 2 is 1.88 bits per heavy atom. The van der Waals surface area contributed by atoms with Crippen LogP contribution >= 0.6 is 0 Å². The van der Waals surface area contributed by atoms with Crippen LogP contribution < -0.4 is 0 Å². The van der Waals surface area contributed by atoms with Crippen LogP contribution in [0.25, 0.3) is 10.8 Å². The van der Waals surface area contributed by atoms with Crippen molar-refractivity contribution < 1.29 is 0 Å². The van der Waals surface area contributed by atoms with Gasteiger partial charge in [-0.3, -0.25) is 0 Å². The van der Waals surface area contributed by atoms with E-state index in [0.717, 1.165) is 17.9 Å². The molecular weight excluding hydrogens is 290 g/mol. The third-order valence-corrected chi connectivity index (χ3v) is 5.95. The molecule has 1 N–H and O–H groups in total. The Morgan fingerprint density at radius 3 is 2.67 bits per heavy atom. The lowest BCUT2D eigenvalue weighted by molar-refractivity contribution is 0.357. The van der Waals surface area contributed by atoms with Crippen LogP contribution in [0.4, 0.5) is 0 Å². The summed E-state index contributed by atoms with van der Waals surface area (Å²) in [5, 5.41) is 10.5. The molecule has 0 saturated heterocycles. The summed E-state index contributed by atoms with van der Waals surface area (Å²) < 4.78 is 0. The minimum Gasteiger partial charge on any atom is -0.308 e. The van der Waals surface area contributed by atoms with E-state index in [1.807, 2.05) is 0 Å². The molecule has 2 unspecified atom stereocenters. The number of rotatable bonds is 3. The molecule has 0 aromatic heterocycles. The molecule has 1 saturated carbocycles. The monoisotopic (exact) mass is 315 g/mol. The van der Waals surface area contributed by atoms with Gasteiger partial charge in [0.2, 0.25) is 0 Å². The van der Waals surface area contributed by atoms with Crippen molar-refractivity contribution in [2.45, 2.75) is 44.9 Å². The van der Waals surface area contributed by atoms with Crippen LogP contribution in [0.2, 0.25) is 0 Å². The summed E-state index contributed by atoms with van der Waals surface area (Å²) in [5.41, 5.74) is 5.67. The van der Waals surface area contributed by atoms with E-state index in [1.54, 1.807) is 11.8 Å². The molecule has 1 heteroatoms. The first-order valence-corrected chi connectivity index (χ1v) is 9.16. The molecule has 0 radical (unpaired) electrons. The van der Waals surface area contributed by atoms with Crippen molar-refractivity contribution in [3.63, 3.8) is 0 Å². The van der Waals surface area contributed by atoms with Gasteiger partial charge in [0, 0.05) is 6.21 Å². The van der Waals surface area contributed by atoms with Gasteiger partial charge in [0.05, 0.1) is 0 Å². The predicted octanol–water partition coefficient (Wildman–Crippen LogP) is 6.39. The number of hydrogen-bond acceptors (Lipinski definition) is 1. The maximum atomic E-state index is 7.88. The number of nitrogens with one attached hydrogen (secondary N) is 1. The van der Waals surface area contributed by atoms with Crippen molar-refractivity contribution in [1.29, 1.82) is 5.41 Å². The van der Waals surface area contributed by atoms with Crippen molar-refractivity contribution in [2.75, 3.05) is 0 Å². The van der Waals surface area contributed by atoms with Gasteiger partial charge in [-0.05, 0) is 66.3 Å². The SMILES string of the molecule is CC1=C(C2CCCC(c3c(C=N)ccc4ccccc34)C2)CC=C1. The van der Waals surface area contributed by atoms with Crippen LogP contribution in [0.5, 0.6) is 0 Å². The summed E-state index contributed by atoms with van der Waals surface area (Å²) in [7, 11) is 0. The second kappa shape index (κ2) is 6.39. The fourth-order valence-electron chi connectivity index (χ4n) is 4.78. The number of fused-ring (bicyclic) bond motifs is 1. The smallest absolute Gasteiger partial charge is 0.0253 e. The van der Waals surface area contributed by atoms with Crippen LogP contribution in [0.1, 0.15) is 56.1 Å². The van der Waals surface area contributed by atoms with E-state index in [-0.39, 0.29) is 0 Å². The number of allylic oxidation sites excluding steroid dienone is 4. The van der Waals surface area contributed by atoms with E-state index < -0.39 is 0 Å². The van der Waals surface area contributed by atoms with Crippen LogP contribution in [-0.4, -0.2) is 6.21 Å². The molecule has 2 atom stereocenters. The second-order valence-corrected chi connectivity index (χ2v) is 7.31. The summed E-state index contributed by atoms with van der Waals surface area (Å²) >= 11 is 0. The summed E-state index contributed by atoms with van der Waals surface area (Å²) in [5.74, 6) is 1.30. The molecular formula is C23H25N. The average molecular weight is 315 g/mol. The highest BCUT2D eigenvalue weighted by Crippen LogP contribution is 2.44. The van der Waals surface area contributed by atoms with E-state index in [9.17, 15) is 0 Å². The van der Waals surface area contributed by atoms with Crippen LogP contribution in [-0.2, 0) is 0 Å². The zero-order valence-corrected chi connectivity index (χ0v) is 14.4. The van der Waals surface area contributed by atoms with Crippen molar-refractivity contribution >= 4 is 17.0 Å². The molecule has 4 rings (SSSR count). The van der Waals surface area contributed by atoms with Crippen LogP contribution in [0, 0.1) is 11.3 Å². The summed E-state index contributed by atoms with van der Waals surface area (Å²) in [6.07, 6.45) is 12.4. The van der Waals surface area contributed by atoms with Gasteiger partial charge in [-0.15, -0.1) is 0 Å². The molecule has 1 fully saturated rings. The third kappa shape index (κ3) is 2.62. The predicted molar refractivity (Wildman–Crippen MR) is 103 cm³/mol. The second-order valence-electron chi connectivity index (χ2n) is 7.31. The Kier molecular flexibility index (Phi) is 4.10. The van der Waals surface area contributed by atoms with E-state index in [2.05, 4.69) is 55.5 Å². The summed E-state index contributed by atoms with van der Waals surface area (Å²) in [4.78, 5) is 0. The highest BCUT2D eigenvalue weighted by atomic mass is 14.4. The van der Waals surface area contributed by atoms with Gasteiger partial charge in [-0.25, -0.2) is 0 Å². The van der Waals surface area contributed by atoms with Crippen molar-refractivity contribution in [2.24, 2.45) is 5.92 Å². The molecule has 2 aliphatic rings. The lowest BCUT2D eigenvalue weighted by Crippen LogP contribution is -2.17. The molecule has 1 nitrogen and oxygen atoms in total. The Bertz CT molecular complexity index is 840. The minimum atomic E-state index is 0.576. The minimum absolute atomic E-state index is 0.576. The highest BCUT2D eigenvalue weighted by Gasteiger charge is 2.28. The Balaban J connectivity index is 1.74. The topological polar surface area (TPSA) is 23.9 Å². The highest BCUT2D eigenvalue weighted by molar-refractivity contribution is 5.94. The Labute approximate surface area is 144 Å². The summed E-state index contributed by atoms with van der Waals surface area (Å²) in [6.45, 7) is 2.27. The van der Waals surface area contributed by atoms with E-state index in [4.69, 9.17) is 5.41 Å². The lowest BCUT2D eigenvalue weighted by Gasteiger charge is -2.32. The Morgan fingerprint density at radius 1 is 1.04 bits per heavy atom. The fourth-order valence-corrected chi connectivity index (χ4v) is 4.78. The first-order chi connectivity index (χ1) is 11.8. The molecule has 0 aliphatic heterocycles. The van der Waals surface area contributed by atoms with Gasteiger partial charge in [-0.1, -0.05) is 66.1 Å². The molecule has 24 heavy (non-hydrogen) atoms. The molecule has 0 amide bonds. The first-order valence-electron chi connectivity index (χ1n) is 9.16.